The number of hydrogen-bond acceptors (Lipinski definition) is 4. The van der Waals surface area contributed by atoms with E-state index < -0.39 is 6.04 Å². The van der Waals surface area contributed by atoms with Gasteiger partial charge in [-0.15, -0.1) is 0 Å². The molecule has 1 atom stereocenters. The predicted molar refractivity (Wildman–Crippen MR) is 92.5 cm³/mol. The van der Waals surface area contributed by atoms with Crippen molar-refractivity contribution >= 4 is 11.8 Å². The van der Waals surface area contributed by atoms with Crippen LogP contribution in [0.15, 0.2) is 54.9 Å². The molecule has 1 aliphatic rings. The fourth-order valence-corrected chi connectivity index (χ4v) is 2.79. The third kappa shape index (κ3) is 4.64. The second kappa shape index (κ2) is 8.39. The average molecular weight is 339 g/mol. The van der Waals surface area contributed by atoms with E-state index in [2.05, 4.69) is 10.3 Å². The number of rotatable bonds is 6. The lowest BCUT2D eigenvalue weighted by Crippen LogP contribution is -2.56. The van der Waals surface area contributed by atoms with E-state index in [-0.39, 0.29) is 25.0 Å². The standard InChI is InChI=1S/C19H21N3O3/c23-18-14-25-13-17(22(18)12-16-5-2-1-3-6-16)19(24)21-10-8-15-7-4-9-20-11-15/h1-7,9,11,17H,8,10,12-14H2,(H,21,24)/t17-/m0/s1. The molecule has 1 aromatic carbocycles. The number of morpholine rings is 1. The molecule has 2 amide bonds. The fourth-order valence-electron chi connectivity index (χ4n) is 2.79. The van der Waals surface area contributed by atoms with Crippen LogP contribution in [0.25, 0.3) is 0 Å². The topological polar surface area (TPSA) is 71.5 Å². The maximum Gasteiger partial charge on any atom is 0.249 e. The Balaban J connectivity index is 1.59. The first kappa shape index (κ1) is 17.1. The molecule has 2 aromatic rings. The zero-order chi connectivity index (χ0) is 17.5. The summed E-state index contributed by atoms with van der Waals surface area (Å²) in [5.41, 5.74) is 2.05. The molecule has 1 saturated heterocycles. The average Bonchev–Trinajstić information content (AvgIpc) is 2.65. The Morgan fingerprint density at radius 1 is 1.20 bits per heavy atom. The first-order valence-electron chi connectivity index (χ1n) is 8.32. The van der Waals surface area contributed by atoms with Crippen molar-refractivity contribution in [1.82, 2.24) is 15.2 Å². The highest BCUT2D eigenvalue weighted by molar-refractivity contribution is 5.89. The first-order chi connectivity index (χ1) is 12.2. The minimum atomic E-state index is -0.602. The van der Waals surface area contributed by atoms with Gasteiger partial charge in [-0.3, -0.25) is 14.6 Å². The van der Waals surface area contributed by atoms with Crippen molar-refractivity contribution in [3.8, 4) is 0 Å². The molecule has 0 aliphatic carbocycles. The van der Waals surface area contributed by atoms with Crippen molar-refractivity contribution in [3.63, 3.8) is 0 Å². The molecule has 130 valence electrons. The first-order valence-corrected chi connectivity index (χ1v) is 8.32. The van der Waals surface area contributed by atoms with E-state index in [1.165, 1.54) is 0 Å². The van der Waals surface area contributed by atoms with E-state index in [1.807, 2.05) is 42.5 Å². The quantitative estimate of drug-likeness (QED) is 0.857. The third-order valence-electron chi connectivity index (χ3n) is 4.13. The molecule has 1 fully saturated rings. The summed E-state index contributed by atoms with van der Waals surface area (Å²) >= 11 is 0. The van der Waals surface area contributed by atoms with Crippen LogP contribution in [0.1, 0.15) is 11.1 Å². The second-order valence-electron chi connectivity index (χ2n) is 5.94. The molecule has 0 saturated carbocycles. The van der Waals surface area contributed by atoms with Crippen LogP contribution in [0.2, 0.25) is 0 Å². The summed E-state index contributed by atoms with van der Waals surface area (Å²) in [7, 11) is 0. The van der Waals surface area contributed by atoms with Gasteiger partial charge in [-0.05, 0) is 23.6 Å². The fraction of sp³-hybridized carbons (Fsp3) is 0.316. The van der Waals surface area contributed by atoms with Gasteiger partial charge in [0.2, 0.25) is 11.8 Å². The summed E-state index contributed by atoms with van der Waals surface area (Å²) < 4.78 is 5.29. The molecule has 0 unspecified atom stereocenters. The highest BCUT2D eigenvalue weighted by atomic mass is 16.5. The molecule has 3 rings (SSSR count). The maximum absolute atomic E-state index is 12.5. The molecule has 1 aliphatic heterocycles. The lowest BCUT2D eigenvalue weighted by Gasteiger charge is -2.34. The summed E-state index contributed by atoms with van der Waals surface area (Å²) in [6.07, 6.45) is 4.19. The minimum Gasteiger partial charge on any atom is -0.369 e. The van der Waals surface area contributed by atoms with Crippen LogP contribution >= 0.6 is 0 Å². The zero-order valence-electron chi connectivity index (χ0n) is 13.9. The van der Waals surface area contributed by atoms with Crippen LogP contribution in [-0.4, -0.2) is 47.5 Å². The van der Waals surface area contributed by atoms with Crippen molar-refractivity contribution in [3.05, 3.63) is 66.0 Å². The van der Waals surface area contributed by atoms with Crippen molar-refractivity contribution < 1.29 is 14.3 Å². The van der Waals surface area contributed by atoms with Crippen molar-refractivity contribution in [1.29, 1.82) is 0 Å². The molecule has 1 N–H and O–H groups in total. The molecule has 0 spiro atoms. The smallest absolute Gasteiger partial charge is 0.249 e. The number of ether oxygens (including phenoxy) is 1. The van der Waals surface area contributed by atoms with Gasteiger partial charge < -0.3 is 15.0 Å². The molecular weight excluding hydrogens is 318 g/mol. The van der Waals surface area contributed by atoms with Gasteiger partial charge >= 0.3 is 0 Å². The van der Waals surface area contributed by atoms with Crippen molar-refractivity contribution in [2.45, 2.75) is 19.0 Å². The van der Waals surface area contributed by atoms with E-state index in [0.717, 1.165) is 11.1 Å². The van der Waals surface area contributed by atoms with E-state index in [9.17, 15) is 9.59 Å². The summed E-state index contributed by atoms with van der Waals surface area (Å²) in [6.45, 7) is 1.14. The molecule has 1 aromatic heterocycles. The van der Waals surface area contributed by atoms with Gasteiger partial charge in [0.15, 0.2) is 0 Å². The number of benzene rings is 1. The largest absolute Gasteiger partial charge is 0.369 e. The number of nitrogens with one attached hydrogen (secondary N) is 1. The minimum absolute atomic E-state index is 0.0201. The van der Waals surface area contributed by atoms with E-state index >= 15 is 0 Å². The Hall–Kier alpha value is -2.73. The van der Waals surface area contributed by atoms with Gasteiger partial charge in [0.25, 0.3) is 0 Å². The molecule has 2 heterocycles. The van der Waals surface area contributed by atoms with Gasteiger partial charge in [0.1, 0.15) is 12.6 Å². The summed E-state index contributed by atoms with van der Waals surface area (Å²) in [6, 6.07) is 12.9. The van der Waals surface area contributed by atoms with Crippen molar-refractivity contribution in [2.75, 3.05) is 19.8 Å². The highest BCUT2D eigenvalue weighted by Crippen LogP contribution is 2.14. The van der Waals surface area contributed by atoms with Gasteiger partial charge in [-0.25, -0.2) is 0 Å². The number of pyridine rings is 1. The summed E-state index contributed by atoms with van der Waals surface area (Å²) in [4.78, 5) is 30.4. The van der Waals surface area contributed by atoms with E-state index in [1.54, 1.807) is 17.3 Å². The van der Waals surface area contributed by atoms with Crippen LogP contribution in [-0.2, 0) is 27.3 Å². The monoisotopic (exact) mass is 339 g/mol. The summed E-state index contributed by atoms with van der Waals surface area (Å²) in [5.74, 6) is -0.351. The molecule has 0 radical (unpaired) electrons. The zero-order valence-corrected chi connectivity index (χ0v) is 13.9. The maximum atomic E-state index is 12.5. The normalized spacial score (nSPS) is 17.4. The molecule has 6 heteroatoms. The van der Waals surface area contributed by atoms with E-state index in [4.69, 9.17) is 4.74 Å². The Labute approximate surface area is 146 Å². The van der Waals surface area contributed by atoms with Crippen LogP contribution in [0.3, 0.4) is 0 Å². The highest BCUT2D eigenvalue weighted by Gasteiger charge is 2.33. The number of nitrogens with zero attached hydrogens (tertiary/aromatic N) is 2. The van der Waals surface area contributed by atoms with Gasteiger partial charge in [-0.2, -0.15) is 0 Å². The lowest BCUT2D eigenvalue weighted by molar-refractivity contribution is -0.155. The number of aromatic nitrogens is 1. The Kier molecular flexibility index (Phi) is 5.74. The Morgan fingerprint density at radius 3 is 2.76 bits per heavy atom. The van der Waals surface area contributed by atoms with Gasteiger partial charge in [-0.1, -0.05) is 36.4 Å². The second-order valence-corrected chi connectivity index (χ2v) is 5.94. The van der Waals surface area contributed by atoms with Crippen LogP contribution in [0, 0.1) is 0 Å². The lowest BCUT2D eigenvalue weighted by atomic mass is 10.1. The molecule has 0 bridgehead atoms. The van der Waals surface area contributed by atoms with E-state index in [0.29, 0.717) is 19.5 Å². The number of hydrogen-bond donors (Lipinski definition) is 1. The van der Waals surface area contributed by atoms with Gasteiger partial charge in [0, 0.05) is 25.5 Å². The molecule has 25 heavy (non-hydrogen) atoms. The Bertz CT molecular complexity index is 706. The van der Waals surface area contributed by atoms with Crippen LogP contribution in [0.4, 0.5) is 0 Å². The van der Waals surface area contributed by atoms with Crippen molar-refractivity contribution in [2.24, 2.45) is 0 Å². The number of carbonyl (C=O) groups excluding carboxylic acids is 2. The SMILES string of the molecule is O=C(NCCc1cccnc1)[C@@H]1COCC(=O)N1Cc1ccccc1. The predicted octanol–water partition coefficient (Wildman–Crippen LogP) is 1.17. The number of amides is 2. The molecule has 6 nitrogen and oxygen atoms in total. The Morgan fingerprint density at radius 2 is 2.00 bits per heavy atom. The van der Waals surface area contributed by atoms with Crippen LogP contribution < -0.4 is 5.32 Å². The summed E-state index contributed by atoms with van der Waals surface area (Å²) in [5, 5.41) is 2.90. The third-order valence-corrected chi connectivity index (χ3v) is 4.13. The molecular formula is C19H21N3O3. The number of carbonyl (C=O) groups is 2. The van der Waals surface area contributed by atoms with Gasteiger partial charge in [0.05, 0.1) is 6.61 Å². The van der Waals surface area contributed by atoms with Crippen LogP contribution in [0.5, 0.6) is 0 Å².